The van der Waals surface area contributed by atoms with E-state index in [0.717, 1.165) is 24.9 Å². The third-order valence-corrected chi connectivity index (χ3v) is 5.47. The molecular weight excluding hydrogens is 278 g/mol. The van der Waals surface area contributed by atoms with Gasteiger partial charge in [0.1, 0.15) is 0 Å². The molecule has 2 fully saturated rings. The first kappa shape index (κ1) is 13.4. The lowest BCUT2D eigenvalue weighted by molar-refractivity contribution is 0.245. The third kappa shape index (κ3) is 3.03. The van der Waals surface area contributed by atoms with E-state index in [9.17, 15) is 0 Å². The van der Waals surface area contributed by atoms with Gasteiger partial charge in [-0.25, -0.2) is 0 Å². The van der Waals surface area contributed by atoms with Crippen molar-refractivity contribution in [3.05, 3.63) is 52.5 Å². The summed E-state index contributed by atoms with van der Waals surface area (Å²) < 4.78 is 0. The minimum absolute atomic E-state index is 0.854. The Bertz CT molecular complexity index is 555. The number of aromatic nitrogens is 1. The Labute approximate surface area is 130 Å². The molecular formula is C17H21N3S. The summed E-state index contributed by atoms with van der Waals surface area (Å²) in [5.41, 5.74) is 2.68. The van der Waals surface area contributed by atoms with Gasteiger partial charge in [0, 0.05) is 45.5 Å². The molecule has 2 aliphatic rings. The molecule has 0 saturated carbocycles. The molecule has 4 heteroatoms. The molecule has 2 aromatic heterocycles. The molecule has 0 radical (unpaired) electrons. The smallest absolute Gasteiger partial charge is 0.0543 e. The Balaban J connectivity index is 1.31. The second kappa shape index (κ2) is 5.87. The first-order valence-corrected chi connectivity index (χ1v) is 8.67. The number of nitrogens with zero attached hydrogens (tertiary/aromatic N) is 3. The van der Waals surface area contributed by atoms with Crippen molar-refractivity contribution in [1.29, 1.82) is 0 Å². The Kier molecular flexibility index (Phi) is 3.76. The second-order valence-electron chi connectivity index (χ2n) is 6.36. The van der Waals surface area contributed by atoms with Crippen LogP contribution in [0.3, 0.4) is 0 Å². The molecule has 4 rings (SSSR count). The van der Waals surface area contributed by atoms with Crippen LogP contribution >= 0.6 is 11.3 Å². The van der Waals surface area contributed by atoms with Gasteiger partial charge in [-0.3, -0.25) is 14.8 Å². The number of likely N-dealkylation sites (tertiary alicyclic amines) is 2. The van der Waals surface area contributed by atoms with Crippen LogP contribution in [0.2, 0.25) is 0 Å². The Morgan fingerprint density at radius 3 is 2.38 bits per heavy atom. The molecule has 0 N–H and O–H groups in total. The summed E-state index contributed by atoms with van der Waals surface area (Å²) in [5, 5.41) is 4.46. The average Bonchev–Trinajstić information content (AvgIpc) is 3.17. The van der Waals surface area contributed by atoms with Crippen molar-refractivity contribution in [2.75, 3.05) is 26.2 Å². The highest BCUT2D eigenvalue weighted by atomic mass is 32.1. The molecule has 4 heterocycles. The molecule has 2 aliphatic heterocycles. The van der Waals surface area contributed by atoms with Gasteiger partial charge in [0.25, 0.3) is 0 Å². The molecule has 0 spiro atoms. The summed E-state index contributed by atoms with van der Waals surface area (Å²) in [6.07, 6.45) is 1.90. The van der Waals surface area contributed by atoms with E-state index >= 15 is 0 Å². The highest BCUT2D eigenvalue weighted by molar-refractivity contribution is 7.07. The maximum atomic E-state index is 4.45. The summed E-state index contributed by atoms with van der Waals surface area (Å²) in [6.45, 7) is 7.15. The molecule has 3 nitrogen and oxygen atoms in total. The maximum Gasteiger partial charge on any atom is 0.0543 e. The number of pyridine rings is 1. The lowest BCUT2D eigenvalue weighted by Gasteiger charge is -2.20. The van der Waals surface area contributed by atoms with Gasteiger partial charge in [-0.2, -0.15) is 11.3 Å². The van der Waals surface area contributed by atoms with Crippen LogP contribution < -0.4 is 0 Å². The number of thiophene rings is 1. The van der Waals surface area contributed by atoms with Crippen LogP contribution in [0.15, 0.2) is 41.2 Å². The monoisotopic (exact) mass is 299 g/mol. The summed E-state index contributed by atoms with van der Waals surface area (Å²) in [4.78, 5) is 9.67. The van der Waals surface area contributed by atoms with Crippen LogP contribution in [0, 0.1) is 11.8 Å². The van der Waals surface area contributed by atoms with E-state index in [1.165, 1.54) is 37.4 Å². The van der Waals surface area contributed by atoms with Crippen LogP contribution in [0.4, 0.5) is 0 Å². The number of fused-ring (bicyclic) bond motifs is 1. The molecule has 0 unspecified atom stereocenters. The van der Waals surface area contributed by atoms with Crippen molar-refractivity contribution < 1.29 is 0 Å². The maximum absolute atomic E-state index is 4.45. The first-order chi connectivity index (χ1) is 10.4. The molecule has 0 aromatic carbocycles. The van der Waals surface area contributed by atoms with Crippen molar-refractivity contribution >= 4 is 11.3 Å². The lowest BCUT2D eigenvalue weighted by atomic mass is 10.0. The van der Waals surface area contributed by atoms with Gasteiger partial charge >= 0.3 is 0 Å². The molecule has 2 aromatic rings. The molecule has 21 heavy (non-hydrogen) atoms. The van der Waals surface area contributed by atoms with Gasteiger partial charge in [-0.1, -0.05) is 6.07 Å². The van der Waals surface area contributed by atoms with Gasteiger partial charge in [0.2, 0.25) is 0 Å². The van der Waals surface area contributed by atoms with E-state index in [1.807, 2.05) is 12.3 Å². The standard InChI is InChI=1S/C17H21N3S/c1-2-5-18-17(3-1)12-20-10-15-8-19(9-16(15)11-20)7-14-4-6-21-13-14/h1-6,13,15-16H,7-12H2/t15-,16+. The topological polar surface area (TPSA) is 19.4 Å². The fourth-order valence-electron chi connectivity index (χ4n) is 3.81. The van der Waals surface area contributed by atoms with Crippen molar-refractivity contribution in [1.82, 2.24) is 14.8 Å². The van der Waals surface area contributed by atoms with E-state index < -0.39 is 0 Å². The van der Waals surface area contributed by atoms with E-state index in [0.29, 0.717) is 0 Å². The van der Waals surface area contributed by atoms with Crippen LogP contribution in [0.5, 0.6) is 0 Å². The van der Waals surface area contributed by atoms with Gasteiger partial charge in [0.15, 0.2) is 0 Å². The molecule has 110 valence electrons. The predicted molar refractivity (Wildman–Crippen MR) is 86.1 cm³/mol. The fraction of sp³-hybridized carbons (Fsp3) is 0.471. The molecule has 0 amide bonds. The minimum Gasteiger partial charge on any atom is -0.298 e. The van der Waals surface area contributed by atoms with Gasteiger partial charge in [0.05, 0.1) is 5.69 Å². The van der Waals surface area contributed by atoms with Crippen LogP contribution in [0.25, 0.3) is 0 Å². The highest BCUT2D eigenvalue weighted by Crippen LogP contribution is 2.32. The zero-order valence-electron chi connectivity index (χ0n) is 12.2. The van der Waals surface area contributed by atoms with Crippen molar-refractivity contribution in [2.24, 2.45) is 11.8 Å². The van der Waals surface area contributed by atoms with Gasteiger partial charge in [-0.15, -0.1) is 0 Å². The Morgan fingerprint density at radius 2 is 1.76 bits per heavy atom. The van der Waals surface area contributed by atoms with E-state index in [4.69, 9.17) is 0 Å². The Hall–Kier alpha value is -1.23. The number of rotatable bonds is 4. The Morgan fingerprint density at radius 1 is 1.00 bits per heavy atom. The summed E-state index contributed by atoms with van der Waals surface area (Å²) in [7, 11) is 0. The van der Waals surface area contributed by atoms with Gasteiger partial charge < -0.3 is 0 Å². The number of hydrogen-bond donors (Lipinski definition) is 0. The third-order valence-electron chi connectivity index (χ3n) is 4.74. The zero-order chi connectivity index (χ0) is 14.1. The van der Waals surface area contributed by atoms with Crippen molar-refractivity contribution in [3.63, 3.8) is 0 Å². The molecule has 2 atom stereocenters. The normalized spacial score (nSPS) is 26.3. The van der Waals surface area contributed by atoms with Crippen molar-refractivity contribution in [3.8, 4) is 0 Å². The fourth-order valence-corrected chi connectivity index (χ4v) is 4.47. The SMILES string of the molecule is c1ccc(CN2C[C@H]3CN(Cc4ccsc4)C[C@H]3C2)nc1. The highest BCUT2D eigenvalue weighted by Gasteiger charge is 2.39. The summed E-state index contributed by atoms with van der Waals surface area (Å²) in [6, 6.07) is 8.47. The van der Waals surface area contributed by atoms with E-state index in [2.05, 4.69) is 43.7 Å². The van der Waals surface area contributed by atoms with Crippen LogP contribution in [-0.2, 0) is 13.1 Å². The van der Waals surface area contributed by atoms with E-state index in [1.54, 1.807) is 11.3 Å². The average molecular weight is 299 g/mol. The molecule has 0 bridgehead atoms. The quantitative estimate of drug-likeness (QED) is 0.865. The number of hydrogen-bond acceptors (Lipinski definition) is 4. The minimum atomic E-state index is 0.854. The second-order valence-corrected chi connectivity index (χ2v) is 7.14. The van der Waals surface area contributed by atoms with Crippen LogP contribution in [-0.4, -0.2) is 41.0 Å². The van der Waals surface area contributed by atoms with Crippen LogP contribution in [0.1, 0.15) is 11.3 Å². The lowest BCUT2D eigenvalue weighted by Crippen LogP contribution is -2.28. The summed E-state index contributed by atoms with van der Waals surface area (Å²) in [5.74, 6) is 1.71. The first-order valence-electron chi connectivity index (χ1n) is 7.72. The molecule has 0 aliphatic carbocycles. The zero-order valence-corrected chi connectivity index (χ0v) is 13.0. The summed E-state index contributed by atoms with van der Waals surface area (Å²) >= 11 is 1.80. The van der Waals surface area contributed by atoms with E-state index in [-0.39, 0.29) is 0 Å². The van der Waals surface area contributed by atoms with Gasteiger partial charge in [-0.05, 0) is 46.4 Å². The van der Waals surface area contributed by atoms with Crippen molar-refractivity contribution in [2.45, 2.75) is 13.1 Å². The molecule has 2 saturated heterocycles. The largest absolute Gasteiger partial charge is 0.298 e. The predicted octanol–water partition coefficient (Wildman–Crippen LogP) is 2.71.